The van der Waals surface area contributed by atoms with Gasteiger partial charge in [0.2, 0.25) is 0 Å². The van der Waals surface area contributed by atoms with Crippen molar-refractivity contribution in [2.24, 2.45) is 0 Å². The molecule has 0 atom stereocenters. The highest BCUT2D eigenvalue weighted by atomic mass is 15.2. The lowest BCUT2D eigenvalue weighted by Gasteiger charge is -2.29. The van der Waals surface area contributed by atoms with Crippen molar-refractivity contribution in [3.05, 3.63) is 212 Å². The summed E-state index contributed by atoms with van der Waals surface area (Å²) in [4.78, 5) is 6.82. The van der Waals surface area contributed by atoms with Gasteiger partial charge in [-0.1, -0.05) is 147 Å². The number of aromatic nitrogens is 2. The third-order valence-electron chi connectivity index (χ3n) is 12.8. The minimum Gasteiger partial charge on any atom is -0.309 e. The van der Waals surface area contributed by atoms with E-state index in [2.05, 4.69) is 216 Å². The molecule has 3 heterocycles. The van der Waals surface area contributed by atoms with Crippen molar-refractivity contribution in [3.8, 4) is 61.5 Å². The second kappa shape index (κ2) is 12.8. The molecule has 0 saturated heterocycles. The summed E-state index contributed by atoms with van der Waals surface area (Å²) in [5, 5.41) is 3.57. The standard InChI is InChI=1S/C56H39N3/c1-56(2)48-21-8-3-17-43(48)44-29-28-41(34-49(44)56)58-51-23-10-5-18-45(51)54-46-19-6-11-24-52(46)59(53-25-12-7-20-47(53)55(54)58)50-22-9-4-16-42(50)39-15-13-14-36(33-39)37-26-27-40-35-57-31-30-38(40)32-37/h3-35H,1-2H3. The van der Waals surface area contributed by atoms with E-state index in [0.29, 0.717) is 0 Å². The Labute approximate surface area is 344 Å². The molecule has 2 aliphatic rings. The molecule has 0 amide bonds. The van der Waals surface area contributed by atoms with Gasteiger partial charge in [0.25, 0.3) is 0 Å². The Balaban J connectivity index is 1.08. The van der Waals surface area contributed by atoms with Gasteiger partial charge >= 0.3 is 0 Å². The molecule has 59 heavy (non-hydrogen) atoms. The fourth-order valence-corrected chi connectivity index (χ4v) is 10.0. The number of anilines is 3. The van der Waals surface area contributed by atoms with Crippen molar-refractivity contribution in [3.63, 3.8) is 0 Å². The van der Waals surface area contributed by atoms with E-state index < -0.39 is 0 Å². The molecule has 2 aromatic heterocycles. The number of fused-ring (bicyclic) bond motifs is 11. The zero-order valence-corrected chi connectivity index (χ0v) is 32.9. The maximum atomic E-state index is 4.33. The third kappa shape index (κ3) is 4.98. The first kappa shape index (κ1) is 33.6. The molecule has 0 saturated carbocycles. The summed E-state index contributed by atoms with van der Waals surface area (Å²) < 4.78 is 2.53. The zero-order chi connectivity index (χ0) is 39.2. The molecule has 0 bridgehead atoms. The first-order chi connectivity index (χ1) is 29.0. The van der Waals surface area contributed by atoms with E-state index in [-0.39, 0.29) is 5.41 Å². The number of benzene rings is 8. The molecular weight excluding hydrogens is 715 g/mol. The molecule has 0 spiro atoms. The van der Waals surface area contributed by atoms with Crippen LogP contribution >= 0.6 is 0 Å². The Hall–Kier alpha value is -7.49. The first-order valence-electron chi connectivity index (χ1n) is 20.5. The highest BCUT2D eigenvalue weighted by Gasteiger charge is 2.37. The fraction of sp³-hybridized carbons (Fsp3) is 0.0536. The summed E-state index contributed by atoms with van der Waals surface area (Å²) in [5.74, 6) is 0. The fourth-order valence-electron chi connectivity index (χ4n) is 10.0. The molecule has 3 nitrogen and oxygen atoms in total. The van der Waals surface area contributed by atoms with E-state index in [0.717, 1.165) is 22.4 Å². The summed E-state index contributed by atoms with van der Waals surface area (Å²) in [6, 6.07) is 69.5. The van der Waals surface area contributed by atoms with Crippen LogP contribution in [0.2, 0.25) is 0 Å². The lowest BCUT2D eigenvalue weighted by Crippen LogP contribution is -2.15. The van der Waals surface area contributed by atoms with Crippen LogP contribution in [0.15, 0.2) is 200 Å². The number of pyridine rings is 1. The number of para-hydroxylation sites is 4. The SMILES string of the molecule is CC1(C)c2ccccc2-c2ccc(-n3c4c(c5ccccc53)-c3ccccc3N(c3ccccc3-c3cccc(-c5ccc6cnccc6c5)c3)c3ccccc3-4)cc21. The van der Waals surface area contributed by atoms with Crippen LogP contribution in [-0.4, -0.2) is 9.55 Å². The van der Waals surface area contributed by atoms with Crippen molar-refractivity contribution < 1.29 is 0 Å². The van der Waals surface area contributed by atoms with E-state index >= 15 is 0 Å². The van der Waals surface area contributed by atoms with Gasteiger partial charge in [-0.3, -0.25) is 4.98 Å². The Bertz CT molecular complexity index is 3330. The topological polar surface area (TPSA) is 21.1 Å². The summed E-state index contributed by atoms with van der Waals surface area (Å²) in [5.41, 5.74) is 20.6. The van der Waals surface area contributed by atoms with Crippen molar-refractivity contribution in [2.75, 3.05) is 4.90 Å². The highest BCUT2D eigenvalue weighted by Crippen LogP contribution is 2.56. The van der Waals surface area contributed by atoms with Crippen LogP contribution < -0.4 is 4.90 Å². The predicted octanol–water partition coefficient (Wildman–Crippen LogP) is 14.9. The molecule has 10 aromatic rings. The van der Waals surface area contributed by atoms with Gasteiger partial charge in [-0.25, -0.2) is 0 Å². The monoisotopic (exact) mass is 753 g/mol. The van der Waals surface area contributed by atoms with Gasteiger partial charge in [-0.05, 0) is 98.9 Å². The maximum Gasteiger partial charge on any atom is 0.0641 e. The first-order valence-corrected chi connectivity index (χ1v) is 20.5. The molecule has 0 radical (unpaired) electrons. The largest absolute Gasteiger partial charge is 0.309 e. The van der Waals surface area contributed by atoms with Crippen molar-refractivity contribution in [1.29, 1.82) is 0 Å². The second-order valence-electron chi connectivity index (χ2n) is 16.4. The normalized spacial score (nSPS) is 13.4. The van der Waals surface area contributed by atoms with E-state index in [1.54, 1.807) is 0 Å². The van der Waals surface area contributed by atoms with Gasteiger partial charge in [-0.15, -0.1) is 0 Å². The van der Waals surface area contributed by atoms with Crippen LogP contribution in [-0.2, 0) is 5.41 Å². The third-order valence-corrected chi connectivity index (χ3v) is 12.8. The smallest absolute Gasteiger partial charge is 0.0641 e. The van der Waals surface area contributed by atoms with Crippen molar-refractivity contribution in [2.45, 2.75) is 19.3 Å². The van der Waals surface area contributed by atoms with Gasteiger partial charge in [0.15, 0.2) is 0 Å². The number of nitrogens with zero attached hydrogens (tertiary/aromatic N) is 3. The van der Waals surface area contributed by atoms with E-state index in [1.165, 1.54) is 88.9 Å². The molecule has 3 heteroatoms. The lowest BCUT2D eigenvalue weighted by atomic mass is 9.82. The summed E-state index contributed by atoms with van der Waals surface area (Å²) in [6.45, 7) is 4.73. The van der Waals surface area contributed by atoms with Gasteiger partial charge < -0.3 is 9.47 Å². The highest BCUT2D eigenvalue weighted by molar-refractivity contribution is 6.13. The van der Waals surface area contributed by atoms with E-state index in [9.17, 15) is 0 Å². The Morgan fingerprint density at radius 1 is 0.441 bits per heavy atom. The van der Waals surface area contributed by atoms with Crippen LogP contribution in [0.4, 0.5) is 17.1 Å². The number of rotatable bonds is 4. The van der Waals surface area contributed by atoms with Crippen LogP contribution in [0.3, 0.4) is 0 Å². The molecule has 0 fully saturated rings. The minimum atomic E-state index is -0.115. The average Bonchev–Trinajstić information content (AvgIpc) is 3.70. The predicted molar refractivity (Wildman–Crippen MR) is 246 cm³/mol. The van der Waals surface area contributed by atoms with E-state index in [1.807, 2.05) is 12.4 Å². The van der Waals surface area contributed by atoms with E-state index in [4.69, 9.17) is 0 Å². The zero-order valence-electron chi connectivity index (χ0n) is 32.9. The molecular formula is C56H39N3. The summed E-state index contributed by atoms with van der Waals surface area (Å²) >= 11 is 0. The van der Waals surface area contributed by atoms with Crippen molar-refractivity contribution >= 4 is 38.7 Å². The number of hydrogen-bond donors (Lipinski definition) is 0. The maximum absolute atomic E-state index is 4.33. The van der Waals surface area contributed by atoms with Crippen LogP contribution in [0.5, 0.6) is 0 Å². The molecule has 278 valence electrons. The molecule has 0 N–H and O–H groups in total. The quantitative estimate of drug-likeness (QED) is 0.178. The molecule has 0 unspecified atom stereocenters. The average molecular weight is 754 g/mol. The molecule has 8 aromatic carbocycles. The Morgan fingerprint density at radius 3 is 1.93 bits per heavy atom. The molecule has 1 aliphatic heterocycles. The Kier molecular flexibility index (Phi) is 7.27. The summed E-state index contributed by atoms with van der Waals surface area (Å²) in [7, 11) is 0. The van der Waals surface area contributed by atoms with Crippen LogP contribution in [0, 0.1) is 0 Å². The second-order valence-corrected chi connectivity index (χ2v) is 16.4. The minimum absolute atomic E-state index is 0.115. The summed E-state index contributed by atoms with van der Waals surface area (Å²) in [6.07, 6.45) is 3.79. The van der Waals surface area contributed by atoms with Crippen LogP contribution in [0.1, 0.15) is 25.0 Å². The van der Waals surface area contributed by atoms with Crippen molar-refractivity contribution in [1.82, 2.24) is 9.55 Å². The van der Waals surface area contributed by atoms with Gasteiger partial charge in [-0.2, -0.15) is 0 Å². The van der Waals surface area contributed by atoms with Gasteiger partial charge in [0.05, 0.1) is 28.3 Å². The Morgan fingerprint density at radius 2 is 1.08 bits per heavy atom. The number of hydrogen-bond acceptors (Lipinski definition) is 2. The van der Waals surface area contributed by atoms with Gasteiger partial charge in [0, 0.05) is 56.5 Å². The molecule has 1 aliphatic carbocycles. The van der Waals surface area contributed by atoms with Gasteiger partial charge in [0.1, 0.15) is 0 Å². The lowest BCUT2D eigenvalue weighted by molar-refractivity contribution is 0.660. The molecule has 12 rings (SSSR count). The van der Waals surface area contributed by atoms with Crippen LogP contribution in [0.25, 0.3) is 83.1 Å².